The highest BCUT2D eigenvalue weighted by molar-refractivity contribution is 7.99. The molecule has 2 amide bonds. The van der Waals surface area contributed by atoms with E-state index in [2.05, 4.69) is 26.2 Å². The number of ether oxygens (including phenoxy) is 2. The Bertz CT molecular complexity index is 1910. The number of para-hydroxylation sites is 3. The number of nitrogens with zero attached hydrogens (tertiary/aromatic N) is 4. The van der Waals surface area contributed by atoms with Gasteiger partial charge < -0.3 is 30.9 Å². The summed E-state index contributed by atoms with van der Waals surface area (Å²) in [6, 6.07) is 32.2. The highest BCUT2D eigenvalue weighted by Crippen LogP contribution is 2.40. The number of nitrogens with one attached hydrogen (secondary N) is 2. The lowest BCUT2D eigenvalue weighted by Gasteiger charge is -2.36. The number of carbonyl (C=O) groups is 2. The second kappa shape index (κ2) is 18.4. The Hall–Kier alpha value is -5.08. The van der Waals surface area contributed by atoms with Crippen molar-refractivity contribution in [1.82, 2.24) is 20.2 Å². The second-order valence-electron chi connectivity index (χ2n) is 12.6. The van der Waals surface area contributed by atoms with Crippen molar-refractivity contribution in [2.75, 3.05) is 22.1 Å². The summed E-state index contributed by atoms with van der Waals surface area (Å²) in [6.45, 7) is -0.0321. The monoisotopic (exact) mass is 721 g/mol. The van der Waals surface area contributed by atoms with Crippen LogP contribution in [0, 0.1) is 0 Å². The van der Waals surface area contributed by atoms with Crippen LogP contribution >= 0.6 is 11.8 Å². The van der Waals surface area contributed by atoms with E-state index in [4.69, 9.17) is 15.2 Å². The number of aliphatic hydroxyl groups is 1. The minimum Gasteiger partial charge on any atom is -0.397 e. The number of thioether (sulfide) groups is 1. The van der Waals surface area contributed by atoms with E-state index in [1.54, 1.807) is 16.8 Å². The van der Waals surface area contributed by atoms with Crippen LogP contribution in [-0.2, 0) is 25.7 Å². The minimum absolute atomic E-state index is 0.0321. The average Bonchev–Trinajstić information content (AvgIpc) is 3.65. The van der Waals surface area contributed by atoms with Crippen LogP contribution in [0.15, 0.2) is 108 Å². The van der Waals surface area contributed by atoms with Crippen LogP contribution in [0.2, 0.25) is 0 Å². The maximum atomic E-state index is 12.9. The van der Waals surface area contributed by atoms with Gasteiger partial charge in [-0.3, -0.25) is 9.59 Å². The van der Waals surface area contributed by atoms with Crippen molar-refractivity contribution < 1.29 is 24.2 Å². The molecule has 2 heterocycles. The standard InChI is InChI=1S/C39H43N7O5S/c40-33-15-8-9-16-34(33)42-37(49)18-7-2-1-6-17-36(48)41-30-12-10-11-29(23-30)38-50-32(24-35(51-38)28-21-19-27(25-47)20-22-28)26-52-39-43-44-45-46(39)31-13-4-3-5-14-31/h3-5,8-16,19-23,32,35,38,47H,1-2,6-7,17-18,24-26,40H2,(H,41,48)(H,42,49). The lowest BCUT2D eigenvalue weighted by Crippen LogP contribution is -2.31. The molecule has 4 aromatic carbocycles. The van der Waals surface area contributed by atoms with Crippen molar-refractivity contribution in [2.24, 2.45) is 0 Å². The summed E-state index contributed by atoms with van der Waals surface area (Å²) < 4.78 is 14.8. The number of carbonyl (C=O) groups excluding carboxylic acids is 2. The molecule has 6 rings (SSSR count). The third-order valence-corrected chi connectivity index (χ3v) is 9.74. The Morgan fingerprint density at radius 2 is 1.56 bits per heavy atom. The van der Waals surface area contributed by atoms with Crippen LogP contribution in [0.3, 0.4) is 0 Å². The summed E-state index contributed by atoms with van der Waals surface area (Å²) in [4.78, 5) is 25.1. The van der Waals surface area contributed by atoms with Gasteiger partial charge in [0.2, 0.25) is 17.0 Å². The van der Waals surface area contributed by atoms with Crippen LogP contribution in [0.25, 0.3) is 5.69 Å². The van der Waals surface area contributed by atoms with Gasteiger partial charge in [-0.05, 0) is 70.8 Å². The predicted molar refractivity (Wildman–Crippen MR) is 201 cm³/mol. The van der Waals surface area contributed by atoms with E-state index in [0.717, 1.165) is 48.1 Å². The molecule has 0 saturated carbocycles. The number of aliphatic hydroxyl groups excluding tert-OH is 1. The van der Waals surface area contributed by atoms with E-state index >= 15 is 0 Å². The summed E-state index contributed by atoms with van der Waals surface area (Å²) in [5, 5.41) is 28.4. The molecule has 1 aliphatic heterocycles. The summed E-state index contributed by atoms with van der Waals surface area (Å²) in [5.74, 6) is 0.440. The zero-order valence-electron chi connectivity index (χ0n) is 28.8. The van der Waals surface area contributed by atoms with Crippen molar-refractivity contribution in [2.45, 2.75) is 75.2 Å². The molecule has 5 N–H and O–H groups in total. The normalized spacial score (nSPS) is 17.1. The zero-order chi connectivity index (χ0) is 36.1. The highest BCUT2D eigenvalue weighted by Gasteiger charge is 2.33. The number of benzene rings is 4. The quantitative estimate of drug-likeness (QED) is 0.0474. The van der Waals surface area contributed by atoms with E-state index < -0.39 is 6.29 Å². The molecular formula is C39H43N7O5S. The molecule has 1 fully saturated rings. The molecular weight excluding hydrogens is 679 g/mol. The van der Waals surface area contributed by atoms with Crippen LogP contribution in [0.5, 0.6) is 0 Å². The molecule has 5 aromatic rings. The van der Waals surface area contributed by atoms with Crippen LogP contribution in [-0.4, -0.2) is 49.0 Å². The number of hydrogen-bond acceptors (Lipinski definition) is 10. The largest absolute Gasteiger partial charge is 0.397 e. The van der Waals surface area contributed by atoms with Gasteiger partial charge in [0, 0.05) is 36.3 Å². The van der Waals surface area contributed by atoms with E-state index in [1.807, 2.05) is 91.0 Å². The number of tetrazole rings is 1. The molecule has 1 saturated heterocycles. The molecule has 0 radical (unpaired) electrons. The van der Waals surface area contributed by atoms with Gasteiger partial charge in [0.15, 0.2) is 6.29 Å². The van der Waals surface area contributed by atoms with E-state index in [9.17, 15) is 14.7 Å². The molecule has 1 aromatic heterocycles. The van der Waals surface area contributed by atoms with Gasteiger partial charge in [0.05, 0.1) is 35.9 Å². The lowest BCUT2D eigenvalue weighted by atomic mass is 10.0. The summed E-state index contributed by atoms with van der Waals surface area (Å²) in [5.41, 5.74) is 11.2. The fourth-order valence-corrected chi connectivity index (χ4v) is 6.83. The molecule has 3 atom stereocenters. The molecule has 0 bridgehead atoms. The molecule has 0 spiro atoms. The van der Waals surface area contributed by atoms with Gasteiger partial charge in [-0.25, -0.2) is 0 Å². The van der Waals surface area contributed by atoms with Crippen LogP contribution in [0.1, 0.15) is 74.0 Å². The van der Waals surface area contributed by atoms with Gasteiger partial charge >= 0.3 is 0 Å². The Morgan fingerprint density at radius 3 is 2.31 bits per heavy atom. The fraction of sp³-hybridized carbons (Fsp3) is 0.308. The second-order valence-corrected chi connectivity index (χ2v) is 13.6. The van der Waals surface area contributed by atoms with Crippen LogP contribution < -0.4 is 16.4 Å². The first-order valence-electron chi connectivity index (χ1n) is 17.5. The van der Waals surface area contributed by atoms with Gasteiger partial charge in [0.25, 0.3) is 0 Å². The van der Waals surface area contributed by atoms with E-state index in [-0.39, 0.29) is 30.6 Å². The first kappa shape index (κ1) is 36.7. The molecule has 1 aliphatic rings. The topological polar surface area (TPSA) is 167 Å². The number of unbranched alkanes of at least 4 members (excludes halogenated alkanes) is 3. The van der Waals surface area contributed by atoms with Crippen molar-refractivity contribution in [3.8, 4) is 5.69 Å². The molecule has 270 valence electrons. The number of anilines is 3. The lowest BCUT2D eigenvalue weighted by molar-refractivity contribution is -0.245. The molecule has 52 heavy (non-hydrogen) atoms. The molecule has 12 nitrogen and oxygen atoms in total. The number of nitrogens with two attached hydrogens (primary N) is 1. The summed E-state index contributed by atoms with van der Waals surface area (Å²) in [6.07, 6.45) is 3.39. The summed E-state index contributed by atoms with van der Waals surface area (Å²) in [7, 11) is 0. The number of rotatable bonds is 16. The first-order chi connectivity index (χ1) is 25.4. The van der Waals surface area contributed by atoms with Crippen molar-refractivity contribution in [3.05, 3.63) is 120 Å². The Labute approximate surface area is 307 Å². The molecule has 13 heteroatoms. The Kier molecular flexibility index (Phi) is 13.0. The van der Waals surface area contributed by atoms with E-state index in [1.165, 1.54) is 11.8 Å². The number of nitrogen functional groups attached to an aromatic ring is 1. The van der Waals surface area contributed by atoms with Crippen molar-refractivity contribution in [1.29, 1.82) is 0 Å². The zero-order valence-corrected chi connectivity index (χ0v) is 29.6. The Morgan fingerprint density at radius 1 is 0.827 bits per heavy atom. The fourth-order valence-electron chi connectivity index (χ4n) is 5.93. The summed E-state index contributed by atoms with van der Waals surface area (Å²) >= 11 is 1.51. The third kappa shape index (κ3) is 10.3. The van der Waals surface area contributed by atoms with Crippen molar-refractivity contribution >= 4 is 40.6 Å². The SMILES string of the molecule is Nc1ccccc1NC(=O)CCCCCCC(=O)Nc1cccc(C2OC(CSc3nnnn3-c3ccccc3)CC(c3ccc(CO)cc3)O2)c1. The van der Waals surface area contributed by atoms with Gasteiger partial charge in [-0.1, -0.05) is 91.3 Å². The molecule has 0 aliphatic carbocycles. The maximum Gasteiger partial charge on any atom is 0.224 e. The average molecular weight is 722 g/mol. The molecule has 3 unspecified atom stereocenters. The number of hydrogen-bond donors (Lipinski definition) is 4. The van der Waals surface area contributed by atoms with Gasteiger partial charge in [-0.2, -0.15) is 4.68 Å². The maximum absolute atomic E-state index is 12.9. The first-order valence-corrected chi connectivity index (χ1v) is 18.4. The van der Waals surface area contributed by atoms with Gasteiger partial charge in [0.1, 0.15) is 0 Å². The van der Waals surface area contributed by atoms with Crippen molar-refractivity contribution in [3.63, 3.8) is 0 Å². The smallest absolute Gasteiger partial charge is 0.224 e. The highest BCUT2D eigenvalue weighted by atomic mass is 32.2. The Balaban J connectivity index is 1.02. The van der Waals surface area contributed by atoms with Gasteiger partial charge in [-0.15, -0.1) is 5.10 Å². The number of aromatic nitrogens is 4. The van der Waals surface area contributed by atoms with E-state index in [0.29, 0.717) is 47.2 Å². The minimum atomic E-state index is -0.681. The number of amides is 2. The van der Waals surface area contributed by atoms with Crippen LogP contribution in [0.4, 0.5) is 17.1 Å². The predicted octanol–water partition coefficient (Wildman–Crippen LogP) is 6.99. The third-order valence-electron chi connectivity index (χ3n) is 8.69.